The number of carbonyl (C=O) groups is 1. The highest BCUT2D eigenvalue weighted by molar-refractivity contribution is 5.77. The van der Waals surface area contributed by atoms with Gasteiger partial charge in [-0.05, 0) is 13.0 Å². The van der Waals surface area contributed by atoms with Crippen molar-refractivity contribution >= 4 is 5.91 Å². The van der Waals surface area contributed by atoms with E-state index in [1.54, 1.807) is 5.32 Å². The molecule has 0 heterocycles. The molecule has 0 aromatic heterocycles. The first kappa shape index (κ1) is 16.1. The maximum absolute atomic E-state index is 11.7. The van der Waals surface area contributed by atoms with Gasteiger partial charge < -0.3 is 20.5 Å². The Morgan fingerprint density at radius 3 is 2.59 bits per heavy atom. The van der Waals surface area contributed by atoms with Crippen molar-refractivity contribution in [1.29, 1.82) is 0 Å². The third-order valence-electron chi connectivity index (χ3n) is 1.65. The van der Waals surface area contributed by atoms with E-state index in [2.05, 4.69) is 5.32 Å². The van der Waals surface area contributed by atoms with Crippen LogP contribution in [-0.2, 0) is 9.53 Å². The van der Waals surface area contributed by atoms with E-state index < -0.39 is 18.6 Å². The van der Waals surface area contributed by atoms with E-state index in [9.17, 15) is 18.0 Å². The minimum Gasteiger partial charge on any atom is -0.394 e. The van der Waals surface area contributed by atoms with Crippen molar-refractivity contribution in [2.75, 3.05) is 39.5 Å². The lowest BCUT2D eigenvalue weighted by molar-refractivity contribution is -0.137. The van der Waals surface area contributed by atoms with Gasteiger partial charge in [0.2, 0.25) is 5.91 Å². The Balaban J connectivity index is 3.28. The number of hydrogen-bond acceptors (Lipinski definition) is 4. The average Bonchev–Trinajstić information content (AvgIpc) is 2.24. The SMILES string of the molecule is O=C(CNCCCOCCO)NCC(F)(F)F. The quantitative estimate of drug-likeness (QED) is 0.495. The summed E-state index contributed by atoms with van der Waals surface area (Å²) in [6, 6.07) is 0. The molecular formula is C9H17F3N2O3. The van der Waals surface area contributed by atoms with Gasteiger partial charge in [-0.3, -0.25) is 4.79 Å². The highest BCUT2D eigenvalue weighted by atomic mass is 19.4. The zero-order valence-corrected chi connectivity index (χ0v) is 9.35. The molecule has 0 rings (SSSR count). The molecule has 0 saturated carbocycles. The van der Waals surface area contributed by atoms with Crippen LogP contribution in [0.3, 0.4) is 0 Å². The molecule has 17 heavy (non-hydrogen) atoms. The van der Waals surface area contributed by atoms with Gasteiger partial charge in [0.05, 0.1) is 19.8 Å². The van der Waals surface area contributed by atoms with Crippen LogP contribution in [-0.4, -0.2) is 56.6 Å². The molecule has 0 aliphatic heterocycles. The predicted molar refractivity (Wildman–Crippen MR) is 54.5 cm³/mol. The van der Waals surface area contributed by atoms with Gasteiger partial charge in [0, 0.05) is 6.61 Å². The van der Waals surface area contributed by atoms with E-state index in [4.69, 9.17) is 9.84 Å². The van der Waals surface area contributed by atoms with E-state index in [1.165, 1.54) is 0 Å². The molecule has 0 unspecified atom stereocenters. The normalized spacial score (nSPS) is 11.5. The first-order valence-corrected chi connectivity index (χ1v) is 5.18. The summed E-state index contributed by atoms with van der Waals surface area (Å²) in [5.74, 6) is -0.696. The van der Waals surface area contributed by atoms with Gasteiger partial charge in [0.25, 0.3) is 0 Å². The fourth-order valence-corrected chi connectivity index (χ4v) is 0.929. The second-order valence-electron chi connectivity index (χ2n) is 3.26. The molecular weight excluding hydrogens is 241 g/mol. The van der Waals surface area contributed by atoms with Crippen molar-refractivity contribution in [3.05, 3.63) is 0 Å². The van der Waals surface area contributed by atoms with Crippen LogP contribution >= 0.6 is 0 Å². The molecule has 0 aliphatic rings. The van der Waals surface area contributed by atoms with E-state index in [-0.39, 0.29) is 19.8 Å². The molecule has 5 nitrogen and oxygen atoms in total. The Hall–Kier alpha value is -0.860. The Labute approximate surface area is 97.3 Å². The Bertz CT molecular complexity index is 212. The van der Waals surface area contributed by atoms with E-state index in [1.807, 2.05) is 0 Å². The zero-order chi connectivity index (χ0) is 13.1. The molecule has 0 spiro atoms. The third-order valence-corrected chi connectivity index (χ3v) is 1.65. The number of amides is 1. The minimum absolute atomic E-state index is 0.0483. The second-order valence-corrected chi connectivity index (χ2v) is 3.26. The lowest BCUT2D eigenvalue weighted by atomic mass is 10.4. The van der Waals surface area contributed by atoms with Gasteiger partial charge in [-0.25, -0.2) is 0 Å². The van der Waals surface area contributed by atoms with Gasteiger partial charge >= 0.3 is 6.18 Å². The molecule has 0 aromatic carbocycles. The maximum Gasteiger partial charge on any atom is 0.405 e. The number of ether oxygens (including phenoxy) is 1. The first-order valence-electron chi connectivity index (χ1n) is 5.18. The number of carbonyl (C=O) groups excluding carboxylic acids is 1. The Morgan fingerprint density at radius 1 is 1.29 bits per heavy atom. The number of nitrogens with one attached hydrogen (secondary N) is 2. The van der Waals surface area contributed by atoms with Crippen LogP contribution in [0, 0.1) is 0 Å². The van der Waals surface area contributed by atoms with Crippen LogP contribution in [0.5, 0.6) is 0 Å². The van der Waals surface area contributed by atoms with E-state index in [0.29, 0.717) is 19.6 Å². The molecule has 8 heteroatoms. The summed E-state index contributed by atoms with van der Waals surface area (Å²) in [5.41, 5.74) is 0. The maximum atomic E-state index is 11.7. The highest BCUT2D eigenvalue weighted by Crippen LogP contribution is 2.11. The van der Waals surface area contributed by atoms with E-state index >= 15 is 0 Å². The summed E-state index contributed by atoms with van der Waals surface area (Å²) in [6.07, 6.45) is -3.76. The lowest BCUT2D eigenvalue weighted by Gasteiger charge is -2.09. The molecule has 0 bridgehead atoms. The molecule has 0 radical (unpaired) electrons. The third kappa shape index (κ3) is 13.1. The number of hydrogen-bond donors (Lipinski definition) is 3. The summed E-state index contributed by atoms with van der Waals surface area (Å²) >= 11 is 0. The van der Waals surface area contributed by atoms with Crippen LogP contribution < -0.4 is 10.6 Å². The number of halogens is 3. The van der Waals surface area contributed by atoms with Crippen LogP contribution in [0.1, 0.15) is 6.42 Å². The van der Waals surface area contributed by atoms with E-state index in [0.717, 1.165) is 0 Å². The standard InChI is InChI=1S/C9H17F3N2O3/c10-9(11,12)7-14-8(16)6-13-2-1-4-17-5-3-15/h13,15H,1-7H2,(H,14,16). The van der Waals surface area contributed by atoms with Crippen molar-refractivity contribution < 1.29 is 27.8 Å². The molecule has 0 saturated heterocycles. The number of rotatable bonds is 9. The number of aliphatic hydroxyl groups is 1. The Kier molecular flexibility index (Phi) is 8.73. The average molecular weight is 258 g/mol. The predicted octanol–water partition coefficient (Wildman–Crippen LogP) is -0.347. The lowest BCUT2D eigenvalue weighted by Crippen LogP contribution is -2.39. The van der Waals surface area contributed by atoms with Gasteiger partial charge in [-0.1, -0.05) is 0 Å². The second kappa shape index (κ2) is 9.20. The van der Waals surface area contributed by atoms with Gasteiger partial charge in [-0.2, -0.15) is 13.2 Å². The molecule has 0 fully saturated rings. The monoisotopic (exact) mass is 258 g/mol. The molecule has 0 aliphatic carbocycles. The smallest absolute Gasteiger partial charge is 0.394 e. The Morgan fingerprint density at radius 2 is 2.00 bits per heavy atom. The van der Waals surface area contributed by atoms with Gasteiger partial charge in [-0.15, -0.1) is 0 Å². The fraction of sp³-hybridized carbons (Fsp3) is 0.889. The van der Waals surface area contributed by atoms with Crippen molar-refractivity contribution in [1.82, 2.24) is 10.6 Å². The zero-order valence-electron chi connectivity index (χ0n) is 9.35. The molecule has 102 valence electrons. The molecule has 0 atom stereocenters. The molecule has 0 aromatic rings. The fourth-order valence-electron chi connectivity index (χ4n) is 0.929. The van der Waals surface area contributed by atoms with Crippen molar-refractivity contribution in [2.24, 2.45) is 0 Å². The summed E-state index contributed by atoms with van der Waals surface area (Å²) in [4.78, 5) is 10.9. The number of aliphatic hydroxyl groups excluding tert-OH is 1. The van der Waals surface area contributed by atoms with Gasteiger partial charge in [0.1, 0.15) is 6.54 Å². The van der Waals surface area contributed by atoms with Crippen LogP contribution in [0.2, 0.25) is 0 Å². The van der Waals surface area contributed by atoms with Gasteiger partial charge in [0.15, 0.2) is 0 Å². The van der Waals surface area contributed by atoms with Crippen LogP contribution in [0.15, 0.2) is 0 Å². The summed E-state index contributed by atoms with van der Waals surface area (Å²) in [5, 5.41) is 12.8. The van der Waals surface area contributed by atoms with Crippen molar-refractivity contribution in [2.45, 2.75) is 12.6 Å². The van der Waals surface area contributed by atoms with Crippen LogP contribution in [0.25, 0.3) is 0 Å². The topological polar surface area (TPSA) is 70.6 Å². The summed E-state index contributed by atoms with van der Waals surface area (Å²) in [7, 11) is 0. The first-order chi connectivity index (χ1) is 7.95. The largest absolute Gasteiger partial charge is 0.405 e. The molecule has 1 amide bonds. The summed E-state index contributed by atoms with van der Waals surface area (Å²) in [6.45, 7) is -0.370. The summed E-state index contributed by atoms with van der Waals surface area (Å²) < 4.78 is 40.1. The molecule has 3 N–H and O–H groups in total. The van der Waals surface area contributed by atoms with Crippen molar-refractivity contribution in [3.8, 4) is 0 Å². The van der Waals surface area contributed by atoms with Crippen LogP contribution in [0.4, 0.5) is 13.2 Å². The minimum atomic E-state index is -4.38. The van der Waals surface area contributed by atoms with Crippen molar-refractivity contribution in [3.63, 3.8) is 0 Å². The number of alkyl halides is 3. The highest BCUT2D eigenvalue weighted by Gasteiger charge is 2.27.